The fraction of sp³-hybridized carbons (Fsp3) is 0.900. The highest BCUT2D eigenvalue weighted by Gasteiger charge is 2.30. The van der Waals surface area contributed by atoms with Gasteiger partial charge >= 0.3 is 0 Å². The van der Waals surface area contributed by atoms with Gasteiger partial charge in [0.25, 0.3) is 0 Å². The molecule has 3 N–H and O–H groups in total. The average Bonchev–Trinajstić information content (AvgIpc) is 3.14. The molecule has 1 atom stereocenters. The summed E-state index contributed by atoms with van der Waals surface area (Å²) in [7, 11) is 1.89. The van der Waals surface area contributed by atoms with Crippen molar-refractivity contribution in [3.63, 3.8) is 0 Å². The van der Waals surface area contributed by atoms with Gasteiger partial charge in [-0.1, -0.05) is 26.7 Å². The van der Waals surface area contributed by atoms with E-state index in [1.807, 2.05) is 11.9 Å². The van der Waals surface area contributed by atoms with Crippen LogP contribution in [0, 0.1) is 17.8 Å². The van der Waals surface area contributed by atoms with Crippen LogP contribution in [0.5, 0.6) is 0 Å². The van der Waals surface area contributed by atoms with Gasteiger partial charge in [-0.2, -0.15) is 0 Å². The Bertz CT molecular complexity index is 444. The molecule has 0 radical (unpaired) electrons. The molecule has 5 nitrogen and oxygen atoms in total. The molecule has 0 heterocycles. The van der Waals surface area contributed by atoms with E-state index in [2.05, 4.69) is 19.2 Å². The summed E-state index contributed by atoms with van der Waals surface area (Å²) < 4.78 is 0. The zero-order valence-corrected chi connectivity index (χ0v) is 17.5. The molecule has 26 heavy (non-hydrogen) atoms. The van der Waals surface area contributed by atoms with Crippen molar-refractivity contribution in [3.05, 3.63) is 0 Å². The molecule has 0 bridgehead atoms. The second kappa shape index (κ2) is 11.1. The van der Waals surface area contributed by atoms with E-state index in [1.165, 1.54) is 12.8 Å². The monoisotopic (exact) mass is 387 g/mol. The zero-order valence-electron chi connectivity index (χ0n) is 16.7. The normalized spacial score (nSPS) is 24.8. The van der Waals surface area contributed by atoms with Crippen LogP contribution in [0.4, 0.5) is 0 Å². The number of amides is 2. The summed E-state index contributed by atoms with van der Waals surface area (Å²) in [6.07, 6.45) is 8.93. The van der Waals surface area contributed by atoms with E-state index in [9.17, 15) is 9.59 Å². The predicted molar refractivity (Wildman–Crippen MR) is 108 cm³/mol. The average molecular weight is 388 g/mol. The van der Waals surface area contributed by atoms with Gasteiger partial charge in [-0.25, -0.2) is 0 Å². The van der Waals surface area contributed by atoms with Crippen LogP contribution >= 0.6 is 12.4 Å². The van der Waals surface area contributed by atoms with Gasteiger partial charge in [-0.3, -0.25) is 9.59 Å². The molecule has 1 unspecified atom stereocenters. The van der Waals surface area contributed by atoms with Gasteiger partial charge in [-0.05, 0) is 50.9 Å². The van der Waals surface area contributed by atoms with Crippen LogP contribution in [0.3, 0.4) is 0 Å². The highest BCUT2D eigenvalue weighted by molar-refractivity contribution is 5.85. The van der Waals surface area contributed by atoms with E-state index in [0.29, 0.717) is 5.92 Å². The van der Waals surface area contributed by atoms with Crippen molar-refractivity contribution < 1.29 is 9.59 Å². The van der Waals surface area contributed by atoms with Gasteiger partial charge in [0.15, 0.2) is 0 Å². The first-order valence-electron chi connectivity index (χ1n) is 10.2. The summed E-state index contributed by atoms with van der Waals surface area (Å²) in [5.41, 5.74) is 6.08. The van der Waals surface area contributed by atoms with Crippen LogP contribution in [0.1, 0.15) is 71.6 Å². The maximum absolute atomic E-state index is 12.6. The second-order valence-electron chi connectivity index (χ2n) is 8.49. The van der Waals surface area contributed by atoms with Gasteiger partial charge in [-0.15, -0.1) is 12.4 Å². The molecule has 2 amide bonds. The Morgan fingerprint density at radius 2 is 1.62 bits per heavy atom. The molecule has 0 aromatic carbocycles. The number of nitrogens with zero attached hydrogens (tertiary/aromatic N) is 1. The Morgan fingerprint density at radius 1 is 1.04 bits per heavy atom. The number of hydrogen-bond donors (Lipinski definition) is 2. The maximum Gasteiger partial charge on any atom is 0.225 e. The molecule has 0 aromatic rings. The quantitative estimate of drug-likeness (QED) is 0.704. The molecule has 0 saturated heterocycles. The van der Waals surface area contributed by atoms with Crippen LogP contribution in [-0.2, 0) is 9.59 Å². The van der Waals surface area contributed by atoms with Crippen LogP contribution in [0.15, 0.2) is 0 Å². The number of carbonyl (C=O) groups is 2. The fourth-order valence-corrected chi connectivity index (χ4v) is 4.09. The molecular weight excluding hydrogens is 350 g/mol. The molecule has 2 aliphatic carbocycles. The minimum absolute atomic E-state index is 0. The Kier molecular flexibility index (Phi) is 9.94. The highest BCUT2D eigenvalue weighted by Crippen LogP contribution is 2.28. The SMILES string of the molecule is CC(C)C(N)CCN(C)C(=O)C1CCC(NC(=O)C2CCCC2)CC1.Cl. The molecule has 2 aliphatic rings. The molecular formula is C20H38ClN3O2. The van der Waals surface area contributed by atoms with E-state index in [1.54, 1.807) is 0 Å². The van der Waals surface area contributed by atoms with Crippen LogP contribution in [0.2, 0.25) is 0 Å². The summed E-state index contributed by atoms with van der Waals surface area (Å²) in [5.74, 6) is 1.28. The number of rotatable bonds is 7. The summed E-state index contributed by atoms with van der Waals surface area (Å²) in [6, 6.07) is 0.411. The Balaban J connectivity index is 0.00000338. The van der Waals surface area contributed by atoms with Crippen molar-refractivity contribution in [2.24, 2.45) is 23.5 Å². The number of hydrogen-bond acceptors (Lipinski definition) is 3. The molecule has 6 heteroatoms. The molecule has 2 fully saturated rings. The second-order valence-corrected chi connectivity index (χ2v) is 8.49. The molecule has 2 rings (SSSR count). The van der Waals surface area contributed by atoms with E-state index in [4.69, 9.17) is 5.73 Å². The van der Waals surface area contributed by atoms with Gasteiger partial charge in [0.05, 0.1) is 0 Å². The lowest BCUT2D eigenvalue weighted by molar-refractivity contribution is -0.135. The number of carbonyl (C=O) groups excluding carboxylic acids is 2. The van der Waals surface area contributed by atoms with Gasteiger partial charge in [0.1, 0.15) is 0 Å². The van der Waals surface area contributed by atoms with Crippen LogP contribution < -0.4 is 11.1 Å². The van der Waals surface area contributed by atoms with E-state index >= 15 is 0 Å². The Hall–Kier alpha value is -0.810. The third-order valence-electron chi connectivity index (χ3n) is 6.18. The third kappa shape index (κ3) is 6.73. The lowest BCUT2D eigenvalue weighted by atomic mass is 9.85. The summed E-state index contributed by atoms with van der Waals surface area (Å²) in [5, 5.41) is 3.22. The number of nitrogens with two attached hydrogens (primary N) is 1. The lowest BCUT2D eigenvalue weighted by Gasteiger charge is -2.32. The van der Waals surface area contributed by atoms with Crippen molar-refractivity contribution in [3.8, 4) is 0 Å². The Labute approximate surface area is 165 Å². The van der Waals surface area contributed by atoms with Crippen molar-refractivity contribution in [2.45, 2.75) is 83.7 Å². The molecule has 152 valence electrons. The Morgan fingerprint density at radius 3 is 2.15 bits per heavy atom. The van der Waals surface area contributed by atoms with E-state index in [0.717, 1.165) is 51.5 Å². The first kappa shape index (κ1) is 23.2. The molecule has 0 spiro atoms. The van der Waals surface area contributed by atoms with Crippen molar-refractivity contribution >= 4 is 24.2 Å². The first-order valence-corrected chi connectivity index (χ1v) is 10.2. The molecule has 0 aliphatic heterocycles. The first-order chi connectivity index (χ1) is 11.9. The minimum Gasteiger partial charge on any atom is -0.353 e. The minimum atomic E-state index is 0. The zero-order chi connectivity index (χ0) is 18.4. The number of nitrogens with one attached hydrogen (secondary N) is 1. The highest BCUT2D eigenvalue weighted by atomic mass is 35.5. The van der Waals surface area contributed by atoms with Crippen LogP contribution in [0.25, 0.3) is 0 Å². The molecule has 2 saturated carbocycles. The number of halogens is 1. The lowest BCUT2D eigenvalue weighted by Crippen LogP contribution is -2.43. The van der Waals surface area contributed by atoms with Crippen molar-refractivity contribution in [2.75, 3.05) is 13.6 Å². The van der Waals surface area contributed by atoms with Gasteiger partial charge in [0.2, 0.25) is 11.8 Å². The summed E-state index contributed by atoms with van der Waals surface area (Å²) in [6.45, 7) is 4.97. The third-order valence-corrected chi connectivity index (χ3v) is 6.18. The van der Waals surface area contributed by atoms with Crippen molar-refractivity contribution in [1.82, 2.24) is 10.2 Å². The summed E-state index contributed by atoms with van der Waals surface area (Å²) >= 11 is 0. The van der Waals surface area contributed by atoms with E-state index in [-0.39, 0.29) is 48.1 Å². The van der Waals surface area contributed by atoms with Gasteiger partial charge in [0, 0.05) is 37.5 Å². The van der Waals surface area contributed by atoms with Gasteiger partial charge < -0.3 is 16.0 Å². The topological polar surface area (TPSA) is 75.4 Å². The predicted octanol–water partition coefficient (Wildman–Crippen LogP) is 3.11. The maximum atomic E-state index is 12.6. The summed E-state index contributed by atoms with van der Waals surface area (Å²) in [4.78, 5) is 26.7. The van der Waals surface area contributed by atoms with Crippen LogP contribution in [-0.4, -0.2) is 42.4 Å². The smallest absolute Gasteiger partial charge is 0.225 e. The molecule has 0 aromatic heterocycles. The fourth-order valence-electron chi connectivity index (χ4n) is 4.09. The van der Waals surface area contributed by atoms with Crippen molar-refractivity contribution in [1.29, 1.82) is 0 Å². The van der Waals surface area contributed by atoms with E-state index < -0.39 is 0 Å². The largest absolute Gasteiger partial charge is 0.353 e. The standard InChI is InChI=1S/C20H37N3O2.ClH/c1-14(2)18(21)12-13-23(3)20(25)16-8-10-17(11-9-16)22-19(24)15-6-4-5-7-15;/h14-18H,4-13,21H2,1-3H3,(H,22,24);1H.